The number of hydrogen-bond acceptors (Lipinski definition) is 1. The van der Waals surface area contributed by atoms with Crippen LogP contribution in [0.25, 0.3) is 0 Å². The fraction of sp³-hybridized carbons (Fsp3) is 0.923. The first-order chi connectivity index (χ1) is 6.94. The van der Waals surface area contributed by atoms with E-state index in [9.17, 15) is 5.21 Å². The molecule has 0 aromatic rings. The van der Waals surface area contributed by atoms with Crippen LogP contribution in [0.4, 0.5) is 0 Å². The summed E-state index contributed by atoms with van der Waals surface area (Å²) >= 11 is 0. The summed E-state index contributed by atoms with van der Waals surface area (Å²) in [4.78, 5) is 0. The second kappa shape index (κ2) is 5.53. The molecule has 0 aliphatic carbocycles. The molecule has 0 amide bonds. The molecule has 0 aromatic heterocycles. The SMILES string of the molecule is CCC(C)(C)/C(=N/[O])C(CC)(CC)CC. The molecule has 2 nitrogen and oxygen atoms in total. The van der Waals surface area contributed by atoms with Crippen LogP contribution in [0.15, 0.2) is 5.16 Å². The first-order valence-electron chi connectivity index (χ1n) is 6.15. The van der Waals surface area contributed by atoms with Gasteiger partial charge in [-0.1, -0.05) is 41.5 Å². The molecule has 2 heteroatoms. The Morgan fingerprint density at radius 1 is 0.933 bits per heavy atom. The zero-order chi connectivity index (χ0) is 12.1. The maximum atomic E-state index is 11.1. The van der Waals surface area contributed by atoms with E-state index in [2.05, 4.69) is 46.7 Å². The Hall–Kier alpha value is -0.530. The summed E-state index contributed by atoms with van der Waals surface area (Å²) < 4.78 is 0. The van der Waals surface area contributed by atoms with Crippen molar-refractivity contribution in [3.05, 3.63) is 0 Å². The normalized spacial score (nSPS) is 14.4. The van der Waals surface area contributed by atoms with Gasteiger partial charge in [-0.2, -0.15) is 0 Å². The summed E-state index contributed by atoms with van der Waals surface area (Å²) in [5, 5.41) is 14.5. The Morgan fingerprint density at radius 2 is 1.33 bits per heavy atom. The van der Waals surface area contributed by atoms with Crippen molar-refractivity contribution in [2.75, 3.05) is 0 Å². The van der Waals surface area contributed by atoms with Crippen LogP contribution >= 0.6 is 0 Å². The van der Waals surface area contributed by atoms with Gasteiger partial charge in [-0.05, 0) is 30.8 Å². The second-order valence-electron chi connectivity index (χ2n) is 5.02. The molecule has 89 valence electrons. The molecular formula is C13H26NO. The Morgan fingerprint density at radius 3 is 1.53 bits per heavy atom. The third-order valence-corrected chi connectivity index (χ3v) is 4.15. The van der Waals surface area contributed by atoms with Crippen molar-refractivity contribution >= 4 is 5.71 Å². The van der Waals surface area contributed by atoms with Crippen LogP contribution in [0.2, 0.25) is 0 Å². The third-order valence-electron chi connectivity index (χ3n) is 4.15. The van der Waals surface area contributed by atoms with E-state index in [4.69, 9.17) is 0 Å². The van der Waals surface area contributed by atoms with E-state index >= 15 is 0 Å². The van der Waals surface area contributed by atoms with Crippen LogP contribution in [-0.2, 0) is 5.21 Å². The average Bonchev–Trinajstić information content (AvgIpc) is 2.25. The molecule has 0 saturated heterocycles. The molecule has 0 bridgehead atoms. The van der Waals surface area contributed by atoms with Crippen molar-refractivity contribution in [3.8, 4) is 0 Å². The van der Waals surface area contributed by atoms with Crippen molar-refractivity contribution in [1.29, 1.82) is 0 Å². The van der Waals surface area contributed by atoms with E-state index in [1.807, 2.05) is 0 Å². The van der Waals surface area contributed by atoms with Gasteiger partial charge in [-0.3, -0.25) is 0 Å². The minimum absolute atomic E-state index is 0.0151. The highest BCUT2D eigenvalue weighted by molar-refractivity contribution is 5.94. The van der Waals surface area contributed by atoms with Crippen LogP contribution in [0.5, 0.6) is 0 Å². The molecule has 0 N–H and O–H groups in total. The van der Waals surface area contributed by atoms with E-state index in [1.54, 1.807) is 0 Å². The summed E-state index contributed by atoms with van der Waals surface area (Å²) in [7, 11) is 0. The lowest BCUT2D eigenvalue weighted by molar-refractivity contribution is 0.188. The minimum Gasteiger partial charge on any atom is -0.145 e. The van der Waals surface area contributed by atoms with E-state index in [0.717, 1.165) is 31.4 Å². The third kappa shape index (κ3) is 2.73. The van der Waals surface area contributed by atoms with Gasteiger partial charge >= 0.3 is 0 Å². The van der Waals surface area contributed by atoms with Gasteiger partial charge in [-0.25, -0.2) is 0 Å². The van der Waals surface area contributed by atoms with Crippen LogP contribution in [0, 0.1) is 10.8 Å². The molecule has 0 atom stereocenters. The maximum Gasteiger partial charge on any atom is 0.0741 e. The quantitative estimate of drug-likeness (QED) is 0.461. The summed E-state index contributed by atoms with van der Waals surface area (Å²) in [6.07, 6.45) is 3.98. The largest absolute Gasteiger partial charge is 0.145 e. The highest BCUT2D eigenvalue weighted by Crippen LogP contribution is 2.41. The molecule has 0 heterocycles. The van der Waals surface area contributed by atoms with E-state index in [1.165, 1.54) is 0 Å². The Balaban J connectivity index is 5.27. The molecule has 1 radical (unpaired) electrons. The summed E-state index contributed by atoms with van der Waals surface area (Å²) in [5.74, 6) is 0. The maximum absolute atomic E-state index is 11.1. The van der Waals surface area contributed by atoms with Crippen molar-refractivity contribution in [3.63, 3.8) is 0 Å². The lowest BCUT2D eigenvalue weighted by Gasteiger charge is -2.38. The van der Waals surface area contributed by atoms with Gasteiger partial charge in [-0.15, -0.1) is 5.21 Å². The average molecular weight is 212 g/mol. The van der Waals surface area contributed by atoms with E-state index < -0.39 is 0 Å². The number of rotatable bonds is 6. The fourth-order valence-electron chi connectivity index (χ4n) is 2.36. The van der Waals surface area contributed by atoms with Crippen molar-refractivity contribution < 1.29 is 5.21 Å². The smallest absolute Gasteiger partial charge is 0.0741 e. The molecule has 0 aromatic carbocycles. The van der Waals surface area contributed by atoms with Crippen molar-refractivity contribution in [2.45, 2.75) is 67.2 Å². The van der Waals surface area contributed by atoms with Gasteiger partial charge in [0, 0.05) is 10.8 Å². The monoisotopic (exact) mass is 212 g/mol. The molecule has 0 aliphatic rings. The number of nitrogens with zero attached hydrogens (tertiary/aromatic N) is 1. The van der Waals surface area contributed by atoms with Crippen LogP contribution in [0.1, 0.15) is 67.2 Å². The summed E-state index contributed by atoms with van der Waals surface area (Å²) in [6, 6.07) is 0. The first-order valence-corrected chi connectivity index (χ1v) is 6.15. The fourth-order valence-corrected chi connectivity index (χ4v) is 2.36. The topological polar surface area (TPSA) is 32.3 Å². The zero-order valence-corrected chi connectivity index (χ0v) is 11.2. The van der Waals surface area contributed by atoms with Gasteiger partial charge in [0.2, 0.25) is 0 Å². The summed E-state index contributed by atoms with van der Waals surface area (Å²) in [6.45, 7) is 12.8. The summed E-state index contributed by atoms with van der Waals surface area (Å²) in [5.41, 5.74) is 0.815. The molecule has 0 rings (SSSR count). The highest BCUT2D eigenvalue weighted by Gasteiger charge is 2.39. The van der Waals surface area contributed by atoms with Gasteiger partial charge in [0.25, 0.3) is 0 Å². The van der Waals surface area contributed by atoms with Crippen LogP contribution in [0.3, 0.4) is 0 Å². The predicted molar refractivity (Wildman–Crippen MR) is 65.5 cm³/mol. The lowest BCUT2D eigenvalue weighted by Crippen LogP contribution is -2.39. The molecule has 0 fully saturated rings. The van der Waals surface area contributed by atoms with Gasteiger partial charge in [0.05, 0.1) is 5.71 Å². The van der Waals surface area contributed by atoms with Crippen molar-refractivity contribution in [2.24, 2.45) is 16.0 Å². The Kier molecular flexibility index (Phi) is 5.33. The minimum atomic E-state index is -0.0657. The standard InChI is InChI=1S/C13H26NO/c1-7-12(5,6)11(14-15)13(8-2,9-3)10-4/h7-10H2,1-6H3/b14-11-. The molecule has 0 spiro atoms. The van der Waals surface area contributed by atoms with Crippen LogP contribution < -0.4 is 0 Å². The van der Waals surface area contributed by atoms with Crippen LogP contribution in [-0.4, -0.2) is 5.71 Å². The van der Waals surface area contributed by atoms with E-state index in [-0.39, 0.29) is 10.8 Å². The molecule has 0 aliphatic heterocycles. The molecule has 15 heavy (non-hydrogen) atoms. The van der Waals surface area contributed by atoms with Gasteiger partial charge in [0.1, 0.15) is 0 Å². The zero-order valence-electron chi connectivity index (χ0n) is 11.2. The van der Waals surface area contributed by atoms with Gasteiger partial charge in [0.15, 0.2) is 0 Å². The number of hydrogen-bond donors (Lipinski definition) is 0. The highest BCUT2D eigenvalue weighted by atomic mass is 16.4. The molecular weight excluding hydrogens is 186 g/mol. The predicted octanol–water partition coefficient (Wildman–Crippen LogP) is 4.43. The van der Waals surface area contributed by atoms with Crippen molar-refractivity contribution in [1.82, 2.24) is 0 Å². The van der Waals surface area contributed by atoms with Gasteiger partial charge < -0.3 is 0 Å². The lowest BCUT2D eigenvalue weighted by atomic mass is 9.65. The Labute approximate surface area is 94.8 Å². The van der Waals surface area contributed by atoms with E-state index in [0.29, 0.717) is 0 Å². The Bertz CT molecular complexity index is 206. The first kappa shape index (κ1) is 14.5. The molecule has 0 saturated carbocycles. The second-order valence-corrected chi connectivity index (χ2v) is 5.02. The molecule has 0 unspecified atom stereocenters.